The number of halogens is 1. The number of methoxy groups -OCH3 is 1. The minimum atomic E-state index is -0.451. The average Bonchev–Trinajstić information content (AvgIpc) is 2.25. The van der Waals surface area contributed by atoms with Gasteiger partial charge in [0.15, 0.2) is 0 Å². The molecule has 4 heteroatoms. The van der Waals surface area contributed by atoms with Crippen molar-refractivity contribution in [3.05, 3.63) is 28.3 Å². The summed E-state index contributed by atoms with van der Waals surface area (Å²) in [4.78, 5) is 11.2. The van der Waals surface area contributed by atoms with E-state index < -0.39 is 5.97 Å². The lowest BCUT2D eigenvalue weighted by Crippen LogP contribution is -2.03. The van der Waals surface area contributed by atoms with Gasteiger partial charge in [0.2, 0.25) is 0 Å². The first kappa shape index (κ1) is 13.8. The van der Waals surface area contributed by atoms with Gasteiger partial charge in [-0.1, -0.05) is 25.4 Å². The number of carbonyl (C=O) groups is 1. The molecule has 84 valence electrons. The van der Waals surface area contributed by atoms with Crippen molar-refractivity contribution in [3.8, 4) is 0 Å². The number of hydrogen-bond donors (Lipinski definition) is 1. The predicted octanol–water partition coefficient (Wildman–Crippen LogP) is 3.04. The summed E-state index contributed by atoms with van der Waals surface area (Å²) in [6.07, 6.45) is 0. The molecule has 0 fully saturated rings. The second kappa shape index (κ2) is 6.30. The van der Waals surface area contributed by atoms with E-state index in [9.17, 15) is 4.79 Å². The highest BCUT2D eigenvalue weighted by Gasteiger charge is 2.11. The van der Waals surface area contributed by atoms with E-state index in [1.807, 2.05) is 13.8 Å². The largest absolute Gasteiger partial charge is 0.465 e. The van der Waals surface area contributed by atoms with Crippen LogP contribution in [0.15, 0.2) is 12.1 Å². The van der Waals surface area contributed by atoms with Crippen LogP contribution in [-0.2, 0) is 4.74 Å². The fourth-order valence-corrected chi connectivity index (χ4v) is 1.21. The molecule has 0 heterocycles. The number of aryl methyl sites for hydroxylation is 1. The lowest BCUT2D eigenvalue weighted by molar-refractivity contribution is 0.0601. The van der Waals surface area contributed by atoms with Crippen LogP contribution in [0.4, 0.5) is 5.69 Å². The summed E-state index contributed by atoms with van der Waals surface area (Å²) in [5, 5.41) is 0.315. The number of nitrogen functional groups attached to an aromatic ring is 1. The Labute approximate surface area is 95.2 Å². The van der Waals surface area contributed by atoms with Gasteiger partial charge in [-0.3, -0.25) is 0 Å². The van der Waals surface area contributed by atoms with Gasteiger partial charge in [-0.15, -0.1) is 0 Å². The van der Waals surface area contributed by atoms with Gasteiger partial charge in [0.25, 0.3) is 0 Å². The first-order valence-electron chi connectivity index (χ1n) is 4.70. The molecule has 0 unspecified atom stereocenters. The molecule has 1 aromatic carbocycles. The molecule has 15 heavy (non-hydrogen) atoms. The summed E-state index contributed by atoms with van der Waals surface area (Å²) in [6, 6.07) is 3.16. The van der Waals surface area contributed by atoms with Gasteiger partial charge in [0, 0.05) is 5.69 Å². The summed E-state index contributed by atoms with van der Waals surface area (Å²) >= 11 is 5.79. The van der Waals surface area contributed by atoms with E-state index in [0.717, 1.165) is 5.56 Å². The van der Waals surface area contributed by atoms with Crippen molar-refractivity contribution >= 4 is 23.3 Å². The summed E-state index contributed by atoms with van der Waals surface area (Å²) in [6.45, 7) is 5.80. The molecule has 1 rings (SSSR count). The predicted molar refractivity (Wildman–Crippen MR) is 63.3 cm³/mol. The Morgan fingerprint density at radius 3 is 2.40 bits per heavy atom. The van der Waals surface area contributed by atoms with Crippen LogP contribution in [0.3, 0.4) is 0 Å². The molecule has 0 bridgehead atoms. The zero-order valence-electron chi connectivity index (χ0n) is 9.43. The Bertz CT molecular complexity index is 351. The normalized spacial score (nSPS) is 8.87. The maximum atomic E-state index is 11.2. The number of hydrogen-bond acceptors (Lipinski definition) is 3. The van der Waals surface area contributed by atoms with Gasteiger partial charge in [-0.05, 0) is 24.6 Å². The van der Waals surface area contributed by atoms with E-state index in [-0.39, 0.29) is 0 Å². The van der Waals surface area contributed by atoms with Crippen LogP contribution in [0, 0.1) is 6.92 Å². The highest BCUT2D eigenvalue weighted by Crippen LogP contribution is 2.23. The fraction of sp³-hybridized carbons (Fsp3) is 0.364. The van der Waals surface area contributed by atoms with E-state index in [4.69, 9.17) is 17.3 Å². The van der Waals surface area contributed by atoms with Crippen molar-refractivity contribution in [2.75, 3.05) is 12.8 Å². The van der Waals surface area contributed by atoms with E-state index in [2.05, 4.69) is 4.74 Å². The molecule has 0 amide bonds. The zero-order valence-corrected chi connectivity index (χ0v) is 10.2. The molecule has 0 spiro atoms. The molecule has 0 radical (unpaired) electrons. The SMILES string of the molecule is CC.COC(=O)c1cc(C)c(N)cc1Cl. The maximum Gasteiger partial charge on any atom is 0.339 e. The molecular formula is C11H16ClNO2. The molecule has 3 nitrogen and oxygen atoms in total. The molecule has 1 aromatic rings. The Morgan fingerprint density at radius 2 is 1.93 bits per heavy atom. The van der Waals surface area contributed by atoms with Gasteiger partial charge < -0.3 is 10.5 Å². The van der Waals surface area contributed by atoms with E-state index in [1.165, 1.54) is 7.11 Å². The number of benzene rings is 1. The smallest absolute Gasteiger partial charge is 0.339 e. The molecule has 0 aliphatic carbocycles. The third-order valence-corrected chi connectivity index (χ3v) is 2.07. The monoisotopic (exact) mass is 229 g/mol. The van der Waals surface area contributed by atoms with E-state index in [1.54, 1.807) is 19.1 Å². The molecule has 0 atom stereocenters. The van der Waals surface area contributed by atoms with Crippen LogP contribution in [-0.4, -0.2) is 13.1 Å². The number of esters is 1. The second-order valence-electron chi connectivity index (χ2n) is 2.68. The van der Waals surface area contributed by atoms with Crippen LogP contribution in [0.2, 0.25) is 5.02 Å². The van der Waals surface area contributed by atoms with E-state index >= 15 is 0 Å². The summed E-state index contributed by atoms with van der Waals surface area (Å²) in [5.74, 6) is -0.451. The van der Waals surface area contributed by atoms with Crippen LogP contribution in [0.1, 0.15) is 29.8 Å². The number of anilines is 1. The minimum absolute atomic E-state index is 0.315. The first-order valence-corrected chi connectivity index (χ1v) is 5.08. The standard InChI is InChI=1S/C9H10ClNO2.C2H6/c1-5-3-6(9(12)13-2)7(10)4-8(5)11;1-2/h3-4H,11H2,1-2H3;1-2H3. The maximum absolute atomic E-state index is 11.2. The van der Waals surface area contributed by atoms with Gasteiger partial charge >= 0.3 is 5.97 Å². The van der Waals surface area contributed by atoms with Crippen molar-refractivity contribution in [1.29, 1.82) is 0 Å². The lowest BCUT2D eigenvalue weighted by Gasteiger charge is -2.05. The number of rotatable bonds is 1. The Balaban J connectivity index is 0.000000921. The van der Waals surface area contributed by atoms with E-state index in [0.29, 0.717) is 16.3 Å². The van der Waals surface area contributed by atoms with Gasteiger partial charge in [0.05, 0.1) is 17.7 Å². The average molecular weight is 230 g/mol. The molecule has 0 saturated carbocycles. The summed E-state index contributed by atoms with van der Waals surface area (Å²) < 4.78 is 4.55. The Hall–Kier alpha value is -1.22. The third kappa shape index (κ3) is 3.44. The molecule has 0 aliphatic rings. The van der Waals surface area contributed by atoms with Crippen molar-refractivity contribution in [3.63, 3.8) is 0 Å². The lowest BCUT2D eigenvalue weighted by atomic mass is 10.1. The van der Waals surface area contributed by atoms with Crippen molar-refractivity contribution in [2.45, 2.75) is 20.8 Å². The first-order chi connectivity index (χ1) is 7.06. The van der Waals surface area contributed by atoms with Gasteiger partial charge in [-0.2, -0.15) is 0 Å². The second-order valence-corrected chi connectivity index (χ2v) is 3.09. The van der Waals surface area contributed by atoms with Crippen LogP contribution < -0.4 is 5.73 Å². The van der Waals surface area contributed by atoms with Crippen molar-refractivity contribution in [2.24, 2.45) is 0 Å². The van der Waals surface area contributed by atoms with Crippen LogP contribution in [0.5, 0.6) is 0 Å². The number of nitrogens with two attached hydrogens (primary N) is 1. The minimum Gasteiger partial charge on any atom is -0.465 e. The van der Waals surface area contributed by atoms with Crippen molar-refractivity contribution in [1.82, 2.24) is 0 Å². The van der Waals surface area contributed by atoms with Gasteiger partial charge in [0.1, 0.15) is 0 Å². The quantitative estimate of drug-likeness (QED) is 0.595. The van der Waals surface area contributed by atoms with Gasteiger partial charge in [-0.25, -0.2) is 4.79 Å². The third-order valence-electron chi connectivity index (χ3n) is 1.76. The molecular weight excluding hydrogens is 214 g/mol. The Morgan fingerprint density at radius 1 is 1.40 bits per heavy atom. The van der Waals surface area contributed by atoms with Crippen LogP contribution >= 0.6 is 11.6 Å². The summed E-state index contributed by atoms with van der Waals surface area (Å²) in [7, 11) is 1.31. The van der Waals surface area contributed by atoms with Crippen molar-refractivity contribution < 1.29 is 9.53 Å². The summed E-state index contributed by atoms with van der Waals surface area (Å²) in [5.41, 5.74) is 7.32. The Kier molecular flexibility index (Phi) is 5.79. The number of carbonyl (C=O) groups excluding carboxylic acids is 1. The molecule has 2 N–H and O–H groups in total. The number of ether oxygens (including phenoxy) is 1. The highest BCUT2D eigenvalue weighted by molar-refractivity contribution is 6.33. The van der Waals surface area contributed by atoms with Crippen LogP contribution in [0.25, 0.3) is 0 Å². The molecule has 0 aliphatic heterocycles. The molecule has 0 aromatic heterocycles. The topological polar surface area (TPSA) is 52.3 Å². The molecule has 0 saturated heterocycles. The zero-order chi connectivity index (χ0) is 12.0. The fourth-order valence-electron chi connectivity index (χ4n) is 0.963. The highest BCUT2D eigenvalue weighted by atomic mass is 35.5.